The number of hydrogen-bond acceptors (Lipinski definition) is 6. The topological polar surface area (TPSA) is 79.2 Å². The van der Waals surface area contributed by atoms with Crippen LogP contribution in [-0.4, -0.2) is 63.3 Å². The number of aryl methyl sites for hydroxylation is 1. The van der Waals surface area contributed by atoms with Gasteiger partial charge in [0, 0.05) is 63.3 Å². The molecule has 0 aliphatic carbocycles. The zero-order valence-corrected chi connectivity index (χ0v) is 21.5. The van der Waals surface area contributed by atoms with Crippen LogP contribution in [0.4, 0.5) is 11.6 Å². The van der Waals surface area contributed by atoms with E-state index in [9.17, 15) is 4.79 Å². The molecule has 1 N–H and O–H groups in total. The molecule has 35 heavy (non-hydrogen) atoms. The van der Waals surface area contributed by atoms with E-state index in [1.165, 1.54) is 25.7 Å². The van der Waals surface area contributed by atoms with Gasteiger partial charge in [-0.2, -0.15) is 5.10 Å². The van der Waals surface area contributed by atoms with E-state index in [0.717, 1.165) is 72.9 Å². The minimum atomic E-state index is 0.226. The molecule has 0 bridgehead atoms. The summed E-state index contributed by atoms with van der Waals surface area (Å²) >= 11 is 0. The van der Waals surface area contributed by atoms with Gasteiger partial charge < -0.3 is 15.1 Å². The van der Waals surface area contributed by atoms with Crippen molar-refractivity contribution in [3.8, 4) is 11.3 Å². The van der Waals surface area contributed by atoms with E-state index in [0.29, 0.717) is 13.0 Å². The maximum atomic E-state index is 12.2. The fourth-order valence-electron chi connectivity index (χ4n) is 4.87. The molecule has 8 heteroatoms. The van der Waals surface area contributed by atoms with Gasteiger partial charge in [-0.1, -0.05) is 26.7 Å². The molecular formula is C27H39N7O. The molecule has 0 spiro atoms. The quantitative estimate of drug-likeness (QED) is 0.546. The molecule has 0 unspecified atom stereocenters. The number of carbonyl (C=O) groups excluding carboxylic acids is 1. The first kappa shape index (κ1) is 24.9. The Kier molecular flexibility index (Phi) is 8.55. The van der Waals surface area contributed by atoms with Crippen molar-refractivity contribution in [2.24, 2.45) is 7.05 Å². The van der Waals surface area contributed by atoms with Crippen molar-refractivity contribution in [1.29, 1.82) is 0 Å². The Hall–Kier alpha value is -3.16. The number of anilines is 2. The summed E-state index contributed by atoms with van der Waals surface area (Å²) in [5.74, 6) is 2.04. The van der Waals surface area contributed by atoms with Crippen LogP contribution >= 0.6 is 0 Å². The Morgan fingerprint density at radius 3 is 2.34 bits per heavy atom. The minimum Gasteiger partial charge on any atom is -0.370 e. The largest absolute Gasteiger partial charge is 0.370 e. The van der Waals surface area contributed by atoms with Crippen LogP contribution in [0, 0.1) is 0 Å². The number of pyridine rings is 2. The number of amides is 1. The number of nitrogens with zero attached hydrogens (tertiary/aromatic N) is 6. The Bertz CT molecular complexity index is 1090. The van der Waals surface area contributed by atoms with Crippen molar-refractivity contribution in [3.63, 3.8) is 0 Å². The fraction of sp³-hybridized carbons (Fsp3) is 0.556. The number of fused-ring (bicyclic) bond motifs is 1. The van der Waals surface area contributed by atoms with Gasteiger partial charge in [-0.3, -0.25) is 4.79 Å². The molecule has 2 fully saturated rings. The Morgan fingerprint density at radius 1 is 0.943 bits per heavy atom. The summed E-state index contributed by atoms with van der Waals surface area (Å²) in [5.41, 5.74) is 2.75. The second kappa shape index (κ2) is 12.0. The van der Waals surface area contributed by atoms with E-state index < -0.39 is 0 Å². The molecule has 0 aromatic carbocycles. The van der Waals surface area contributed by atoms with Crippen LogP contribution in [0.5, 0.6) is 0 Å². The van der Waals surface area contributed by atoms with Crippen molar-refractivity contribution in [2.45, 2.75) is 58.8 Å². The third-order valence-corrected chi connectivity index (χ3v) is 6.74. The van der Waals surface area contributed by atoms with Crippen molar-refractivity contribution in [2.75, 3.05) is 42.9 Å². The third kappa shape index (κ3) is 5.92. The summed E-state index contributed by atoms with van der Waals surface area (Å²) in [6, 6.07) is 8.25. The average molecular weight is 478 g/mol. The van der Waals surface area contributed by atoms with E-state index in [1.807, 2.05) is 48.8 Å². The lowest BCUT2D eigenvalue weighted by Crippen LogP contribution is -2.29. The lowest BCUT2D eigenvalue weighted by molar-refractivity contribution is -0.129. The Balaban J connectivity index is 0.00000141. The highest BCUT2D eigenvalue weighted by Crippen LogP contribution is 2.29. The summed E-state index contributed by atoms with van der Waals surface area (Å²) in [6.45, 7) is 8.55. The molecule has 5 rings (SSSR count). The van der Waals surface area contributed by atoms with Gasteiger partial charge in [0.1, 0.15) is 17.3 Å². The lowest BCUT2D eigenvalue weighted by Gasteiger charge is -2.21. The van der Waals surface area contributed by atoms with Crippen LogP contribution in [0.15, 0.2) is 30.5 Å². The van der Waals surface area contributed by atoms with E-state index in [2.05, 4.69) is 27.3 Å². The molecule has 0 atom stereocenters. The summed E-state index contributed by atoms with van der Waals surface area (Å²) < 4.78 is 1.86. The average Bonchev–Trinajstić information content (AvgIpc) is 3.46. The molecular weight excluding hydrogens is 438 g/mol. The third-order valence-electron chi connectivity index (χ3n) is 6.74. The van der Waals surface area contributed by atoms with Crippen molar-refractivity contribution < 1.29 is 4.79 Å². The smallest absolute Gasteiger partial charge is 0.224 e. The highest BCUT2D eigenvalue weighted by atomic mass is 16.2. The van der Waals surface area contributed by atoms with Crippen LogP contribution in [0.25, 0.3) is 22.3 Å². The van der Waals surface area contributed by atoms with E-state index >= 15 is 0 Å². The SMILES string of the molecule is CC.Cn1nc(-c2ccc(NCCC(=O)N3CCCC3)nc2)c2ccc(N3CCCCCC3)nc21. The molecule has 1 amide bonds. The molecule has 3 aromatic rings. The standard InChI is InChI=1S/C25H33N7O.C2H6/c1-30-25-20(9-11-22(28-25)31-14-4-2-3-5-15-31)24(29-30)19-8-10-21(27-18-19)26-13-12-23(33)32-16-6-7-17-32;1-2/h8-11,18H,2-7,12-17H2,1H3,(H,26,27);1-2H3. The predicted molar refractivity (Wildman–Crippen MR) is 143 cm³/mol. The zero-order chi connectivity index (χ0) is 24.6. The number of likely N-dealkylation sites (tertiary alicyclic amines) is 1. The second-order valence-corrected chi connectivity index (χ2v) is 9.11. The van der Waals surface area contributed by atoms with Gasteiger partial charge in [0.25, 0.3) is 0 Å². The van der Waals surface area contributed by atoms with Crippen molar-refractivity contribution in [3.05, 3.63) is 30.5 Å². The van der Waals surface area contributed by atoms with Crippen LogP contribution < -0.4 is 10.2 Å². The van der Waals surface area contributed by atoms with Crippen LogP contribution in [0.3, 0.4) is 0 Å². The predicted octanol–water partition coefficient (Wildman–Crippen LogP) is 4.86. The summed E-state index contributed by atoms with van der Waals surface area (Å²) in [7, 11) is 1.95. The maximum Gasteiger partial charge on any atom is 0.224 e. The van der Waals surface area contributed by atoms with Crippen LogP contribution in [-0.2, 0) is 11.8 Å². The highest BCUT2D eigenvalue weighted by Gasteiger charge is 2.18. The Labute approximate surface area is 208 Å². The summed E-state index contributed by atoms with van der Waals surface area (Å²) in [6.07, 6.45) is 9.67. The van der Waals surface area contributed by atoms with Crippen LogP contribution in [0.2, 0.25) is 0 Å². The van der Waals surface area contributed by atoms with Gasteiger partial charge in [-0.05, 0) is 49.9 Å². The molecule has 8 nitrogen and oxygen atoms in total. The first-order chi connectivity index (χ1) is 17.2. The van der Waals surface area contributed by atoms with Gasteiger partial charge in [0.05, 0.1) is 0 Å². The number of hydrogen-bond donors (Lipinski definition) is 1. The summed E-state index contributed by atoms with van der Waals surface area (Å²) in [4.78, 5) is 26.0. The maximum absolute atomic E-state index is 12.2. The molecule has 188 valence electrons. The first-order valence-electron chi connectivity index (χ1n) is 13.3. The van der Waals surface area contributed by atoms with E-state index in [-0.39, 0.29) is 5.91 Å². The monoisotopic (exact) mass is 477 g/mol. The zero-order valence-electron chi connectivity index (χ0n) is 21.5. The molecule has 2 saturated heterocycles. The van der Waals surface area contributed by atoms with Gasteiger partial charge in [0.15, 0.2) is 5.65 Å². The molecule has 0 saturated carbocycles. The fourth-order valence-corrected chi connectivity index (χ4v) is 4.87. The summed E-state index contributed by atoms with van der Waals surface area (Å²) in [5, 5.41) is 9.05. The molecule has 3 aromatic heterocycles. The lowest BCUT2D eigenvalue weighted by atomic mass is 10.1. The number of aromatic nitrogens is 4. The van der Waals surface area contributed by atoms with E-state index in [4.69, 9.17) is 10.1 Å². The molecule has 2 aliphatic rings. The molecule has 2 aliphatic heterocycles. The molecule has 5 heterocycles. The first-order valence-corrected chi connectivity index (χ1v) is 13.3. The number of carbonyl (C=O) groups is 1. The highest BCUT2D eigenvalue weighted by molar-refractivity contribution is 5.92. The van der Waals surface area contributed by atoms with Gasteiger partial charge >= 0.3 is 0 Å². The van der Waals surface area contributed by atoms with E-state index in [1.54, 1.807) is 0 Å². The van der Waals surface area contributed by atoms with Gasteiger partial charge in [-0.25, -0.2) is 14.6 Å². The van der Waals surface area contributed by atoms with Gasteiger partial charge in [0.2, 0.25) is 5.91 Å². The number of rotatable bonds is 6. The Morgan fingerprint density at radius 2 is 1.66 bits per heavy atom. The number of nitrogens with one attached hydrogen (secondary N) is 1. The normalized spacial score (nSPS) is 16.1. The van der Waals surface area contributed by atoms with Crippen LogP contribution in [0.1, 0.15) is 58.8 Å². The van der Waals surface area contributed by atoms with Crippen molar-refractivity contribution >= 4 is 28.6 Å². The van der Waals surface area contributed by atoms with Crippen molar-refractivity contribution in [1.82, 2.24) is 24.6 Å². The minimum absolute atomic E-state index is 0.226. The second-order valence-electron chi connectivity index (χ2n) is 9.11. The van der Waals surface area contributed by atoms with Gasteiger partial charge in [-0.15, -0.1) is 0 Å². The molecule has 0 radical (unpaired) electrons.